The largest absolute Gasteiger partial charge is 0.480 e. The number of carbonyl (C=O) groups is 2. The van der Waals surface area contributed by atoms with Gasteiger partial charge >= 0.3 is 12.1 Å². The van der Waals surface area contributed by atoms with E-state index in [1.54, 1.807) is 0 Å². The second-order valence-corrected chi connectivity index (χ2v) is 4.65. The van der Waals surface area contributed by atoms with Crippen LogP contribution in [0.1, 0.15) is 30.9 Å². The molecule has 1 amide bonds. The summed E-state index contributed by atoms with van der Waals surface area (Å²) in [5.74, 6) is -1.29. The lowest BCUT2D eigenvalue weighted by Crippen LogP contribution is -2.43. The number of carbonyl (C=O) groups excluding carboxylic acids is 1. The van der Waals surface area contributed by atoms with E-state index >= 15 is 0 Å². The van der Waals surface area contributed by atoms with E-state index in [9.17, 15) is 9.59 Å². The molecule has 1 aliphatic carbocycles. The summed E-state index contributed by atoms with van der Waals surface area (Å²) in [7, 11) is 0. The van der Waals surface area contributed by atoms with E-state index in [1.807, 2.05) is 12.2 Å². The molecule has 0 spiro atoms. The van der Waals surface area contributed by atoms with E-state index in [0.717, 1.165) is 12.8 Å². The molecule has 0 saturated heterocycles. The van der Waals surface area contributed by atoms with Gasteiger partial charge in [-0.2, -0.15) is 0 Å². The lowest BCUT2D eigenvalue weighted by atomic mass is 10.3. The van der Waals surface area contributed by atoms with Crippen LogP contribution >= 0.6 is 0 Å². The minimum absolute atomic E-state index is 0.250. The van der Waals surface area contributed by atoms with Crippen LogP contribution in [-0.2, 0) is 16.0 Å². The van der Waals surface area contributed by atoms with Crippen molar-refractivity contribution < 1.29 is 24.5 Å². The smallest absolute Gasteiger partial charge is 0.407 e. The number of aliphatic hydroxyl groups excluding tert-OH is 1. The highest BCUT2D eigenvalue weighted by atomic mass is 16.5. The van der Waals surface area contributed by atoms with Gasteiger partial charge in [-0.15, -0.1) is 0 Å². The van der Waals surface area contributed by atoms with Gasteiger partial charge < -0.3 is 20.3 Å². The highest BCUT2D eigenvalue weighted by molar-refractivity contribution is 5.79. The standard InChI is InChI=1S/C8H15NO5.C7H6/c1-2-3-4-14-8(13)9-6(5-10)7(11)12;1-2-4-7-5-6(7)3-1/h6,10H,2-5H2,1H3,(H,9,13)(H,11,12);1-4H,5H2/t6-;/m0./s1. The van der Waals surface area contributed by atoms with Gasteiger partial charge in [0.15, 0.2) is 6.04 Å². The molecule has 0 radical (unpaired) electrons. The summed E-state index contributed by atoms with van der Waals surface area (Å²) in [6.07, 6.45) is 2.03. The Kier molecular flexibility index (Phi) is 7.25. The van der Waals surface area contributed by atoms with Crippen molar-refractivity contribution in [2.45, 2.75) is 32.2 Å². The van der Waals surface area contributed by atoms with Gasteiger partial charge in [-0.05, 0) is 24.0 Å². The third-order valence-corrected chi connectivity index (χ3v) is 2.88. The first-order chi connectivity index (χ1) is 10.1. The number of alkyl carbamates (subject to hydrolysis) is 1. The third kappa shape index (κ3) is 6.76. The third-order valence-electron chi connectivity index (χ3n) is 2.88. The molecule has 116 valence electrons. The number of rotatable bonds is 6. The molecule has 21 heavy (non-hydrogen) atoms. The summed E-state index contributed by atoms with van der Waals surface area (Å²) in [5, 5.41) is 19.0. The van der Waals surface area contributed by atoms with Gasteiger partial charge in [0.1, 0.15) is 0 Å². The Morgan fingerprint density at radius 1 is 1.33 bits per heavy atom. The zero-order valence-corrected chi connectivity index (χ0v) is 12.0. The predicted octanol–water partition coefficient (Wildman–Crippen LogP) is 1.55. The van der Waals surface area contributed by atoms with Gasteiger partial charge in [0.05, 0.1) is 13.2 Å². The summed E-state index contributed by atoms with van der Waals surface area (Å²) in [4.78, 5) is 21.2. The van der Waals surface area contributed by atoms with Crippen LogP contribution < -0.4 is 5.32 Å². The molecule has 1 aliphatic rings. The summed E-state index contributed by atoms with van der Waals surface area (Å²) < 4.78 is 4.64. The zero-order valence-electron chi connectivity index (χ0n) is 12.0. The molecule has 1 atom stereocenters. The SMILES string of the molecule is CCCCOC(=O)N[C@@H](CO)C(=O)O.c1ccc2c(c1)C2. The number of nitrogens with one attached hydrogen (secondary N) is 1. The van der Waals surface area contributed by atoms with Crippen LogP contribution in [0.15, 0.2) is 24.3 Å². The van der Waals surface area contributed by atoms with Crippen LogP contribution in [-0.4, -0.2) is 41.5 Å². The zero-order chi connectivity index (χ0) is 15.7. The molecule has 0 heterocycles. The second kappa shape index (κ2) is 8.97. The van der Waals surface area contributed by atoms with Crippen molar-refractivity contribution in [3.05, 3.63) is 35.4 Å². The monoisotopic (exact) mass is 295 g/mol. The number of carboxylic acid groups (broad SMARTS) is 1. The fourth-order valence-electron chi connectivity index (χ4n) is 1.51. The van der Waals surface area contributed by atoms with Crippen LogP contribution in [0.5, 0.6) is 0 Å². The van der Waals surface area contributed by atoms with E-state index in [2.05, 4.69) is 29.0 Å². The van der Waals surface area contributed by atoms with Crippen LogP contribution in [0.4, 0.5) is 4.79 Å². The van der Waals surface area contributed by atoms with Crippen LogP contribution in [0, 0.1) is 0 Å². The van der Waals surface area contributed by atoms with Crippen molar-refractivity contribution in [3.8, 4) is 0 Å². The number of hydrogen-bond acceptors (Lipinski definition) is 4. The molecule has 3 N–H and O–H groups in total. The van der Waals surface area contributed by atoms with E-state index < -0.39 is 24.7 Å². The van der Waals surface area contributed by atoms with Crippen molar-refractivity contribution in [3.63, 3.8) is 0 Å². The van der Waals surface area contributed by atoms with Crippen molar-refractivity contribution >= 4 is 12.1 Å². The number of fused-ring (bicyclic) bond motifs is 1. The molecular weight excluding hydrogens is 274 g/mol. The van der Waals surface area contributed by atoms with E-state index in [-0.39, 0.29) is 6.61 Å². The van der Waals surface area contributed by atoms with Crippen molar-refractivity contribution in [1.29, 1.82) is 0 Å². The van der Waals surface area contributed by atoms with Gasteiger partial charge in [-0.3, -0.25) is 0 Å². The minimum Gasteiger partial charge on any atom is -0.480 e. The molecule has 0 fully saturated rings. The van der Waals surface area contributed by atoms with Gasteiger partial charge in [0, 0.05) is 0 Å². The van der Waals surface area contributed by atoms with Crippen LogP contribution in [0.25, 0.3) is 0 Å². The molecule has 6 nitrogen and oxygen atoms in total. The maximum atomic E-state index is 10.9. The first-order valence-electron chi connectivity index (χ1n) is 6.92. The van der Waals surface area contributed by atoms with Crippen molar-refractivity contribution in [1.82, 2.24) is 5.32 Å². The number of carboxylic acids is 1. The fraction of sp³-hybridized carbons (Fsp3) is 0.467. The highest BCUT2D eigenvalue weighted by Crippen LogP contribution is 2.25. The fourth-order valence-corrected chi connectivity index (χ4v) is 1.51. The first kappa shape index (κ1) is 17.0. The molecule has 6 heteroatoms. The Balaban J connectivity index is 0.000000255. The number of aliphatic hydroxyl groups is 1. The Morgan fingerprint density at radius 3 is 2.38 bits per heavy atom. The Labute approximate surface area is 123 Å². The van der Waals surface area contributed by atoms with Gasteiger partial charge in [-0.1, -0.05) is 37.6 Å². The molecule has 1 aromatic carbocycles. The summed E-state index contributed by atoms with van der Waals surface area (Å²) in [5.41, 5.74) is 3.06. The number of benzene rings is 1. The molecule has 0 bridgehead atoms. The Morgan fingerprint density at radius 2 is 1.95 bits per heavy atom. The topological polar surface area (TPSA) is 95.9 Å². The second-order valence-electron chi connectivity index (χ2n) is 4.65. The Hall–Kier alpha value is -2.08. The van der Waals surface area contributed by atoms with Gasteiger partial charge in [0.2, 0.25) is 0 Å². The van der Waals surface area contributed by atoms with Gasteiger partial charge in [0.25, 0.3) is 0 Å². The number of amides is 1. The molecule has 0 aliphatic heterocycles. The number of aliphatic carboxylic acids is 1. The van der Waals surface area contributed by atoms with E-state index in [0.29, 0.717) is 0 Å². The van der Waals surface area contributed by atoms with Crippen molar-refractivity contribution in [2.24, 2.45) is 0 Å². The van der Waals surface area contributed by atoms with Gasteiger partial charge in [-0.25, -0.2) is 9.59 Å². The molecular formula is C15H21NO5. The number of ether oxygens (including phenoxy) is 1. The van der Waals surface area contributed by atoms with Crippen LogP contribution in [0.2, 0.25) is 0 Å². The number of hydrogen-bond donors (Lipinski definition) is 3. The van der Waals surface area contributed by atoms with E-state index in [1.165, 1.54) is 17.5 Å². The summed E-state index contributed by atoms with van der Waals surface area (Å²) in [6.45, 7) is 1.54. The molecule has 1 aromatic rings. The quantitative estimate of drug-likeness (QED) is 0.703. The lowest BCUT2D eigenvalue weighted by molar-refractivity contribution is -0.140. The normalized spacial score (nSPS) is 12.3. The first-order valence-corrected chi connectivity index (χ1v) is 6.92. The highest BCUT2D eigenvalue weighted by Gasteiger charge is 2.18. The Bertz CT molecular complexity index is 454. The maximum Gasteiger partial charge on any atom is 0.407 e. The predicted molar refractivity (Wildman–Crippen MR) is 77.1 cm³/mol. The average Bonchev–Trinajstić information content (AvgIpc) is 3.24. The molecule has 0 unspecified atom stereocenters. The summed E-state index contributed by atoms with van der Waals surface area (Å²) in [6, 6.07) is 7.23. The minimum atomic E-state index is -1.30. The summed E-state index contributed by atoms with van der Waals surface area (Å²) >= 11 is 0. The lowest BCUT2D eigenvalue weighted by Gasteiger charge is -2.11. The van der Waals surface area contributed by atoms with Crippen molar-refractivity contribution in [2.75, 3.05) is 13.2 Å². The molecule has 0 aromatic heterocycles. The maximum absolute atomic E-state index is 10.9. The molecule has 0 saturated carbocycles. The molecule has 2 rings (SSSR count). The average molecular weight is 295 g/mol. The number of unbranched alkanes of at least 4 members (excludes halogenated alkanes) is 1. The van der Waals surface area contributed by atoms with E-state index in [4.69, 9.17) is 10.2 Å². The van der Waals surface area contributed by atoms with Crippen LogP contribution in [0.3, 0.4) is 0 Å².